The second-order valence-electron chi connectivity index (χ2n) is 5.98. The number of thioether (sulfide) groups is 1. The van der Waals surface area contributed by atoms with Gasteiger partial charge in [-0.3, -0.25) is 14.0 Å². The lowest BCUT2D eigenvalue weighted by Gasteiger charge is -2.13. The third kappa shape index (κ3) is 3.65. The van der Waals surface area contributed by atoms with E-state index in [2.05, 4.69) is 15.4 Å². The molecule has 0 aliphatic heterocycles. The maximum Gasteiger partial charge on any atom is 0.237 e. The van der Waals surface area contributed by atoms with Crippen molar-refractivity contribution in [3.63, 3.8) is 0 Å². The van der Waals surface area contributed by atoms with Crippen LogP contribution < -0.4 is 5.32 Å². The molecule has 2 heterocycles. The number of aromatic nitrogens is 4. The number of carbonyl (C=O) groups is 1. The lowest BCUT2D eigenvalue weighted by molar-refractivity contribution is -0.115. The van der Waals surface area contributed by atoms with Crippen molar-refractivity contribution in [3.8, 4) is 5.69 Å². The first-order chi connectivity index (χ1) is 12.4. The predicted molar refractivity (Wildman–Crippen MR) is 100 cm³/mol. The van der Waals surface area contributed by atoms with Crippen molar-refractivity contribution in [2.75, 3.05) is 5.32 Å². The fourth-order valence-electron chi connectivity index (χ4n) is 2.59. The van der Waals surface area contributed by atoms with E-state index in [9.17, 15) is 9.18 Å². The van der Waals surface area contributed by atoms with Gasteiger partial charge in [0, 0.05) is 19.4 Å². The van der Waals surface area contributed by atoms with Gasteiger partial charge in [0.2, 0.25) is 5.91 Å². The number of imidazole rings is 1. The van der Waals surface area contributed by atoms with Gasteiger partial charge in [0.05, 0.1) is 28.0 Å². The van der Waals surface area contributed by atoms with Crippen LogP contribution in [0.25, 0.3) is 5.69 Å². The molecule has 0 radical (unpaired) electrons. The van der Waals surface area contributed by atoms with Crippen molar-refractivity contribution in [3.05, 3.63) is 53.9 Å². The van der Waals surface area contributed by atoms with Gasteiger partial charge in [-0.2, -0.15) is 5.10 Å². The Morgan fingerprint density at radius 1 is 1.35 bits per heavy atom. The Kier molecular flexibility index (Phi) is 5.13. The topological polar surface area (TPSA) is 64.7 Å². The summed E-state index contributed by atoms with van der Waals surface area (Å²) in [5, 5.41) is 7.48. The first kappa shape index (κ1) is 18.2. The van der Waals surface area contributed by atoms with Gasteiger partial charge in [0.15, 0.2) is 5.16 Å². The average molecular weight is 373 g/mol. The van der Waals surface area contributed by atoms with Crippen LogP contribution in [0.3, 0.4) is 0 Å². The summed E-state index contributed by atoms with van der Waals surface area (Å²) < 4.78 is 17.0. The van der Waals surface area contributed by atoms with Crippen LogP contribution in [0.2, 0.25) is 0 Å². The Balaban J connectivity index is 1.75. The average Bonchev–Trinajstić information content (AvgIpc) is 3.15. The van der Waals surface area contributed by atoms with Crippen LogP contribution in [-0.2, 0) is 11.8 Å². The normalized spacial score (nSPS) is 12.2. The zero-order valence-corrected chi connectivity index (χ0v) is 15.8. The molecule has 8 heteroatoms. The summed E-state index contributed by atoms with van der Waals surface area (Å²) >= 11 is 1.31. The second-order valence-corrected chi connectivity index (χ2v) is 7.29. The van der Waals surface area contributed by atoms with Crippen molar-refractivity contribution in [2.24, 2.45) is 7.05 Å². The van der Waals surface area contributed by atoms with Gasteiger partial charge in [-0.25, -0.2) is 9.37 Å². The molecule has 1 amide bonds. The summed E-state index contributed by atoms with van der Waals surface area (Å²) in [4.78, 5) is 16.9. The van der Waals surface area contributed by atoms with Gasteiger partial charge in [-0.15, -0.1) is 0 Å². The first-order valence-electron chi connectivity index (χ1n) is 8.14. The second kappa shape index (κ2) is 7.33. The molecule has 136 valence electrons. The molecule has 0 aliphatic rings. The minimum absolute atomic E-state index is 0.136. The molecule has 0 bridgehead atoms. The van der Waals surface area contributed by atoms with Crippen molar-refractivity contribution in [1.29, 1.82) is 0 Å². The van der Waals surface area contributed by atoms with Gasteiger partial charge in [0.25, 0.3) is 0 Å². The monoisotopic (exact) mass is 373 g/mol. The van der Waals surface area contributed by atoms with E-state index in [0.717, 1.165) is 17.1 Å². The van der Waals surface area contributed by atoms with Crippen molar-refractivity contribution in [2.45, 2.75) is 31.2 Å². The number of carbonyl (C=O) groups excluding carboxylic acids is 1. The summed E-state index contributed by atoms with van der Waals surface area (Å²) in [7, 11) is 1.84. The zero-order chi connectivity index (χ0) is 18.8. The number of hydrogen-bond acceptors (Lipinski definition) is 4. The van der Waals surface area contributed by atoms with Crippen molar-refractivity contribution >= 4 is 23.4 Å². The van der Waals surface area contributed by atoms with Gasteiger partial charge >= 0.3 is 0 Å². The summed E-state index contributed by atoms with van der Waals surface area (Å²) in [5.41, 5.74) is 3.07. The molecule has 0 fully saturated rings. The quantitative estimate of drug-likeness (QED) is 0.696. The molecule has 0 spiro atoms. The number of nitrogens with zero attached hydrogens (tertiary/aromatic N) is 4. The van der Waals surface area contributed by atoms with E-state index in [1.54, 1.807) is 33.8 Å². The summed E-state index contributed by atoms with van der Waals surface area (Å²) in [6.07, 6.45) is 3.38. The minimum Gasteiger partial charge on any atom is -0.322 e. The first-order valence-corrected chi connectivity index (χ1v) is 9.01. The van der Waals surface area contributed by atoms with E-state index in [1.807, 2.05) is 27.8 Å². The van der Waals surface area contributed by atoms with Gasteiger partial charge in [-0.05, 0) is 39.0 Å². The summed E-state index contributed by atoms with van der Waals surface area (Å²) in [5.74, 6) is -0.455. The van der Waals surface area contributed by atoms with Gasteiger partial charge < -0.3 is 5.32 Å². The Hall–Kier alpha value is -2.61. The van der Waals surface area contributed by atoms with Crippen LogP contribution in [-0.4, -0.2) is 30.5 Å². The number of rotatable bonds is 5. The Morgan fingerprint density at radius 3 is 2.77 bits per heavy atom. The smallest absolute Gasteiger partial charge is 0.237 e. The fourth-order valence-corrected chi connectivity index (χ4v) is 3.47. The molecule has 3 rings (SSSR count). The molecule has 0 aliphatic carbocycles. The number of benzene rings is 1. The van der Waals surface area contributed by atoms with E-state index in [0.29, 0.717) is 10.8 Å². The van der Waals surface area contributed by atoms with Crippen molar-refractivity contribution < 1.29 is 9.18 Å². The molecule has 1 N–H and O–H groups in total. The van der Waals surface area contributed by atoms with E-state index in [1.165, 1.54) is 23.9 Å². The lowest BCUT2D eigenvalue weighted by atomic mass is 10.3. The number of amides is 1. The van der Waals surface area contributed by atoms with Crippen LogP contribution in [0, 0.1) is 19.7 Å². The maximum absolute atomic E-state index is 13.5. The maximum atomic E-state index is 13.5. The zero-order valence-electron chi connectivity index (χ0n) is 15.0. The van der Waals surface area contributed by atoms with Gasteiger partial charge in [-0.1, -0.05) is 17.8 Å². The highest BCUT2D eigenvalue weighted by molar-refractivity contribution is 8.00. The van der Waals surface area contributed by atoms with E-state index in [4.69, 9.17) is 0 Å². The molecule has 3 aromatic rings. The predicted octanol–water partition coefficient (Wildman–Crippen LogP) is 3.48. The third-order valence-corrected chi connectivity index (χ3v) is 5.18. The molecule has 1 atom stereocenters. The van der Waals surface area contributed by atoms with Gasteiger partial charge in [0.1, 0.15) is 5.82 Å². The molecule has 0 saturated heterocycles. The fraction of sp³-hybridized carbons (Fsp3) is 0.278. The Bertz CT molecular complexity index is 949. The van der Waals surface area contributed by atoms with E-state index < -0.39 is 0 Å². The number of hydrogen-bond donors (Lipinski definition) is 1. The molecular weight excluding hydrogens is 353 g/mol. The minimum atomic E-state index is -0.385. The number of nitrogens with one attached hydrogen (secondary N) is 1. The Labute approximate surface area is 155 Å². The Morgan fingerprint density at radius 2 is 2.12 bits per heavy atom. The van der Waals surface area contributed by atoms with E-state index in [-0.39, 0.29) is 17.0 Å². The highest BCUT2D eigenvalue weighted by Crippen LogP contribution is 2.26. The standard InChI is InChI=1S/C18H20FN5OS/c1-11-16(12(2)23(4)22-11)21-17(25)13(3)26-18-20-8-9-24(18)15-7-5-6-14(19)10-15/h5-10,13H,1-4H3,(H,21,25). The van der Waals surface area contributed by atoms with Crippen LogP contribution >= 0.6 is 11.8 Å². The molecule has 6 nitrogen and oxygen atoms in total. The van der Waals surface area contributed by atoms with E-state index >= 15 is 0 Å². The lowest BCUT2D eigenvalue weighted by Crippen LogP contribution is -2.23. The van der Waals surface area contributed by atoms with Crippen LogP contribution in [0.4, 0.5) is 10.1 Å². The van der Waals surface area contributed by atoms with Crippen LogP contribution in [0.1, 0.15) is 18.3 Å². The van der Waals surface area contributed by atoms with Crippen LogP contribution in [0.15, 0.2) is 41.8 Å². The molecular formula is C18H20FN5OS. The van der Waals surface area contributed by atoms with Crippen molar-refractivity contribution in [1.82, 2.24) is 19.3 Å². The number of anilines is 1. The molecule has 1 aromatic carbocycles. The largest absolute Gasteiger partial charge is 0.322 e. The molecule has 26 heavy (non-hydrogen) atoms. The number of aryl methyl sites for hydroxylation is 2. The third-order valence-electron chi connectivity index (χ3n) is 4.10. The summed E-state index contributed by atoms with van der Waals surface area (Å²) in [6, 6.07) is 6.26. The number of halogens is 1. The SMILES string of the molecule is Cc1nn(C)c(C)c1NC(=O)C(C)Sc1nccn1-c1cccc(F)c1. The molecule has 0 saturated carbocycles. The summed E-state index contributed by atoms with van der Waals surface area (Å²) in [6.45, 7) is 5.58. The molecule has 1 unspecified atom stereocenters. The highest BCUT2D eigenvalue weighted by Gasteiger charge is 2.20. The highest BCUT2D eigenvalue weighted by atomic mass is 32.2. The molecule has 2 aromatic heterocycles. The van der Waals surface area contributed by atoms with Crippen LogP contribution in [0.5, 0.6) is 0 Å².